The number of fused-ring (bicyclic) bond motifs is 1. The Morgan fingerprint density at radius 3 is 2.65 bits per heavy atom. The van der Waals surface area contributed by atoms with Crippen molar-refractivity contribution < 1.29 is 0 Å². The van der Waals surface area contributed by atoms with Crippen LogP contribution in [-0.4, -0.2) is 16.1 Å². The predicted octanol–water partition coefficient (Wildman–Crippen LogP) is 1.38. The summed E-state index contributed by atoms with van der Waals surface area (Å²) >= 11 is 1.36. The van der Waals surface area contributed by atoms with Crippen molar-refractivity contribution in [3.05, 3.63) is 56.5 Å². The lowest BCUT2D eigenvalue weighted by atomic mass is 10.1. The third-order valence-corrected chi connectivity index (χ3v) is 4.05. The Bertz CT molecular complexity index is 861. The molecule has 3 rings (SSSR count). The number of nitrogens with two attached hydrogens (primary N) is 1. The molecule has 6 heteroatoms. The van der Waals surface area contributed by atoms with Gasteiger partial charge >= 0.3 is 5.69 Å². The first-order valence-corrected chi connectivity index (χ1v) is 7.10. The summed E-state index contributed by atoms with van der Waals surface area (Å²) in [4.78, 5) is 27.7. The minimum Gasteiger partial charge on any atom is -0.329 e. The number of H-pyrrole nitrogens is 1. The Morgan fingerprint density at radius 1 is 1.20 bits per heavy atom. The van der Waals surface area contributed by atoms with Crippen LogP contribution >= 0.6 is 11.3 Å². The van der Waals surface area contributed by atoms with Gasteiger partial charge in [-0.05, 0) is 5.56 Å². The van der Waals surface area contributed by atoms with Crippen LogP contribution in [-0.2, 0) is 6.54 Å². The SMILES string of the molecule is NCCn1c(=O)[nH]c2scc(-c3ccccc3)c2c1=O. The quantitative estimate of drug-likeness (QED) is 0.763. The van der Waals surface area contributed by atoms with E-state index in [0.29, 0.717) is 10.2 Å². The Hall–Kier alpha value is -2.18. The number of nitrogens with zero attached hydrogens (tertiary/aromatic N) is 1. The van der Waals surface area contributed by atoms with E-state index in [2.05, 4.69) is 4.98 Å². The molecule has 3 aromatic rings. The number of hydrogen-bond donors (Lipinski definition) is 2. The summed E-state index contributed by atoms with van der Waals surface area (Å²) in [6.45, 7) is 0.466. The molecule has 0 aliphatic rings. The summed E-state index contributed by atoms with van der Waals surface area (Å²) in [7, 11) is 0. The van der Waals surface area contributed by atoms with Crippen LogP contribution in [0.15, 0.2) is 45.3 Å². The van der Waals surface area contributed by atoms with Crippen LogP contribution in [0.1, 0.15) is 0 Å². The second kappa shape index (κ2) is 5.07. The number of thiophene rings is 1. The van der Waals surface area contributed by atoms with Crippen molar-refractivity contribution in [3.63, 3.8) is 0 Å². The highest BCUT2D eigenvalue weighted by Crippen LogP contribution is 2.29. The summed E-state index contributed by atoms with van der Waals surface area (Å²) in [5, 5.41) is 2.44. The highest BCUT2D eigenvalue weighted by atomic mass is 32.1. The summed E-state index contributed by atoms with van der Waals surface area (Å²) in [6, 6.07) is 9.65. The first-order chi connectivity index (χ1) is 9.72. The summed E-state index contributed by atoms with van der Waals surface area (Å²) in [6.07, 6.45) is 0. The van der Waals surface area contributed by atoms with E-state index in [1.807, 2.05) is 35.7 Å². The topological polar surface area (TPSA) is 80.9 Å². The summed E-state index contributed by atoms with van der Waals surface area (Å²) in [5.74, 6) is 0. The first-order valence-electron chi connectivity index (χ1n) is 6.22. The molecule has 0 saturated heterocycles. The lowest BCUT2D eigenvalue weighted by molar-refractivity contribution is 0.647. The minimum atomic E-state index is -0.408. The fourth-order valence-corrected chi connectivity index (χ4v) is 3.17. The molecule has 5 nitrogen and oxygen atoms in total. The van der Waals surface area contributed by atoms with Gasteiger partial charge in [-0.3, -0.25) is 14.3 Å². The molecule has 0 radical (unpaired) electrons. The Morgan fingerprint density at radius 2 is 1.95 bits per heavy atom. The lowest BCUT2D eigenvalue weighted by Gasteiger charge is -2.04. The lowest BCUT2D eigenvalue weighted by Crippen LogP contribution is -2.36. The summed E-state index contributed by atoms with van der Waals surface area (Å²) in [5.41, 5.74) is 6.57. The van der Waals surface area contributed by atoms with Crippen molar-refractivity contribution in [1.29, 1.82) is 0 Å². The molecule has 0 atom stereocenters. The van der Waals surface area contributed by atoms with E-state index in [4.69, 9.17) is 5.73 Å². The van der Waals surface area contributed by atoms with Crippen molar-refractivity contribution in [2.75, 3.05) is 6.54 Å². The van der Waals surface area contributed by atoms with Gasteiger partial charge in [-0.25, -0.2) is 4.79 Å². The van der Waals surface area contributed by atoms with Gasteiger partial charge in [0.25, 0.3) is 5.56 Å². The second-order valence-electron chi connectivity index (χ2n) is 4.40. The second-order valence-corrected chi connectivity index (χ2v) is 5.27. The fraction of sp³-hybridized carbons (Fsp3) is 0.143. The molecule has 3 N–H and O–H groups in total. The van der Waals surface area contributed by atoms with E-state index in [0.717, 1.165) is 15.7 Å². The minimum absolute atomic E-state index is 0.216. The van der Waals surface area contributed by atoms with Gasteiger partial charge in [-0.2, -0.15) is 0 Å². The largest absolute Gasteiger partial charge is 0.329 e. The van der Waals surface area contributed by atoms with E-state index in [9.17, 15) is 9.59 Å². The van der Waals surface area contributed by atoms with Gasteiger partial charge in [0.15, 0.2) is 0 Å². The zero-order chi connectivity index (χ0) is 14.1. The number of rotatable bonds is 3. The third kappa shape index (κ3) is 1.99. The van der Waals surface area contributed by atoms with Crippen molar-refractivity contribution in [3.8, 4) is 11.1 Å². The smallest absolute Gasteiger partial charge is 0.329 e. The van der Waals surface area contributed by atoms with Crippen molar-refractivity contribution >= 4 is 21.6 Å². The van der Waals surface area contributed by atoms with Gasteiger partial charge in [0.2, 0.25) is 0 Å². The van der Waals surface area contributed by atoms with Crippen LogP contribution in [0.5, 0.6) is 0 Å². The molecule has 0 bridgehead atoms. The number of hydrogen-bond acceptors (Lipinski definition) is 4. The van der Waals surface area contributed by atoms with E-state index in [1.54, 1.807) is 0 Å². The molecule has 2 heterocycles. The molecule has 0 spiro atoms. The Kier molecular flexibility index (Phi) is 3.25. The van der Waals surface area contributed by atoms with Crippen LogP contribution in [0.4, 0.5) is 0 Å². The van der Waals surface area contributed by atoms with Crippen LogP contribution in [0.2, 0.25) is 0 Å². The predicted molar refractivity (Wildman–Crippen MR) is 81.2 cm³/mol. The van der Waals surface area contributed by atoms with Crippen molar-refractivity contribution in [2.45, 2.75) is 6.54 Å². The first kappa shape index (κ1) is 12.8. The molecule has 1 aromatic carbocycles. The summed E-state index contributed by atoms with van der Waals surface area (Å²) < 4.78 is 1.15. The van der Waals surface area contributed by atoms with Gasteiger partial charge < -0.3 is 5.73 Å². The normalized spacial score (nSPS) is 11.1. The van der Waals surface area contributed by atoms with Gasteiger partial charge in [0.1, 0.15) is 4.83 Å². The molecule has 0 saturated carbocycles. The molecule has 0 aliphatic carbocycles. The maximum absolute atomic E-state index is 12.5. The Balaban J connectivity index is 2.34. The Labute approximate surface area is 118 Å². The number of aromatic amines is 1. The van der Waals surface area contributed by atoms with Crippen molar-refractivity contribution in [1.82, 2.24) is 9.55 Å². The van der Waals surface area contributed by atoms with Crippen LogP contribution in [0.3, 0.4) is 0 Å². The molecular weight excluding hydrogens is 274 g/mol. The average Bonchev–Trinajstić information content (AvgIpc) is 2.88. The van der Waals surface area contributed by atoms with E-state index >= 15 is 0 Å². The van der Waals surface area contributed by atoms with Crippen LogP contribution in [0, 0.1) is 0 Å². The monoisotopic (exact) mass is 287 g/mol. The van der Waals surface area contributed by atoms with E-state index in [-0.39, 0.29) is 18.6 Å². The molecule has 2 aromatic heterocycles. The molecule has 0 amide bonds. The van der Waals surface area contributed by atoms with Gasteiger partial charge in [0.05, 0.1) is 5.39 Å². The molecule has 0 unspecified atom stereocenters. The van der Waals surface area contributed by atoms with Crippen LogP contribution in [0.25, 0.3) is 21.3 Å². The van der Waals surface area contributed by atoms with Gasteiger partial charge in [-0.15, -0.1) is 11.3 Å². The van der Waals surface area contributed by atoms with Gasteiger partial charge in [-0.1, -0.05) is 30.3 Å². The van der Waals surface area contributed by atoms with Crippen molar-refractivity contribution in [2.24, 2.45) is 5.73 Å². The average molecular weight is 287 g/mol. The zero-order valence-electron chi connectivity index (χ0n) is 10.6. The highest BCUT2D eigenvalue weighted by molar-refractivity contribution is 7.17. The number of nitrogens with one attached hydrogen (secondary N) is 1. The molecule has 102 valence electrons. The van der Waals surface area contributed by atoms with Gasteiger partial charge in [0, 0.05) is 24.0 Å². The van der Waals surface area contributed by atoms with E-state index < -0.39 is 5.69 Å². The molecule has 20 heavy (non-hydrogen) atoms. The maximum atomic E-state index is 12.5. The molecule has 0 fully saturated rings. The van der Waals surface area contributed by atoms with E-state index in [1.165, 1.54) is 11.3 Å². The number of aromatic nitrogens is 2. The molecule has 0 aliphatic heterocycles. The highest BCUT2D eigenvalue weighted by Gasteiger charge is 2.14. The fourth-order valence-electron chi connectivity index (χ4n) is 2.22. The third-order valence-electron chi connectivity index (χ3n) is 3.15. The number of benzene rings is 1. The molecular formula is C14H13N3O2S. The maximum Gasteiger partial charge on any atom is 0.329 e. The zero-order valence-corrected chi connectivity index (χ0v) is 11.4. The standard InChI is InChI=1S/C14H13N3O2S/c15-6-7-17-13(18)11-10(9-4-2-1-3-5-9)8-20-12(11)16-14(17)19/h1-5,8H,6-7,15H2,(H,16,19). The van der Waals surface area contributed by atoms with Crippen LogP contribution < -0.4 is 17.0 Å².